The average Bonchev–Trinajstić information content (AvgIpc) is 3.35. The van der Waals surface area contributed by atoms with Crippen molar-refractivity contribution in [2.45, 2.75) is 44.8 Å². The monoisotopic (exact) mass is 309 g/mol. The van der Waals surface area contributed by atoms with Gasteiger partial charge in [-0.05, 0) is 62.1 Å². The molecule has 120 valence electrons. The molecule has 2 aliphatic rings. The zero-order valence-corrected chi connectivity index (χ0v) is 12.6. The largest absolute Gasteiger partial charge is 0.386 e. The predicted octanol–water partition coefficient (Wildman–Crippen LogP) is 2.94. The summed E-state index contributed by atoms with van der Waals surface area (Å²) in [6.45, 7) is 1.68. The Bertz CT molecular complexity index is 558. The number of benzene rings is 1. The van der Waals surface area contributed by atoms with Gasteiger partial charge in [-0.3, -0.25) is 4.79 Å². The zero-order valence-electron chi connectivity index (χ0n) is 12.6. The topological polar surface area (TPSA) is 49.3 Å². The van der Waals surface area contributed by atoms with Gasteiger partial charge in [-0.15, -0.1) is 0 Å². The molecule has 0 aromatic heterocycles. The third-order valence-electron chi connectivity index (χ3n) is 4.69. The Morgan fingerprint density at radius 1 is 1.18 bits per heavy atom. The van der Waals surface area contributed by atoms with Crippen LogP contribution in [0.1, 0.15) is 44.3 Å². The van der Waals surface area contributed by atoms with Crippen LogP contribution in [0.4, 0.5) is 8.78 Å². The first-order valence-electron chi connectivity index (χ1n) is 7.90. The van der Waals surface area contributed by atoms with Crippen LogP contribution in [-0.4, -0.2) is 17.1 Å². The molecule has 0 saturated heterocycles. The number of halogens is 2. The molecule has 2 saturated carbocycles. The summed E-state index contributed by atoms with van der Waals surface area (Å²) in [5, 5.41) is 13.1. The first-order valence-corrected chi connectivity index (χ1v) is 7.90. The molecule has 2 fully saturated rings. The molecule has 2 aliphatic carbocycles. The summed E-state index contributed by atoms with van der Waals surface area (Å²) in [7, 11) is 0. The molecule has 2 N–H and O–H groups in total. The highest BCUT2D eigenvalue weighted by Gasteiger charge is 2.45. The fraction of sp³-hybridized carbons (Fsp3) is 0.588. The van der Waals surface area contributed by atoms with Gasteiger partial charge in [0.15, 0.2) is 11.6 Å². The van der Waals surface area contributed by atoms with Crippen LogP contribution in [0.3, 0.4) is 0 Å². The Morgan fingerprint density at radius 3 is 2.27 bits per heavy atom. The van der Waals surface area contributed by atoms with Crippen molar-refractivity contribution in [3.63, 3.8) is 0 Å². The molecule has 3 rings (SSSR count). The minimum atomic E-state index is -1.06. The Hall–Kier alpha value is -1.49. The smallest absolute Gasteiger partial charge is 0.223 e. The molecule has 1 amide bonds. The van der Waals surface area contributed by atoms with Gasteiger partial charge in [-0.2, -0.15) is 0 Å². The predicted molar refractivity (Wildman–Crippen MR) is 77.9 cm³/mol. The first-order chi connectivity index (χ1) is 10.5. The van der Waals surface area contributed by atoms with Crippen molar-refractivity contribution in [3.05, 3.63) is 35.4 Å². The van der Waals surface area contributed by atoms with Crippen LogP contribution in [-0.2, 0) is 4.79 Å². The maximum Gasteiger partial charge on any atom is 0.223 e. The van der Waals surface area contributed by atoms with E-state index in [9.17, 15) is 18.7 Å². The molecule has 2 atom stereocenters. The molecule has 22 heavy (non-hydrogen) atoms. The van der Waals surface area contributed by atoms with Gasteiger partial charge in [0.25, 0.3) is 0 Å². The Kier molecular flexibility index (Phi) is 4.17. The number of rotatable bonds is 6. The summed E-state index contributed by atoms with van der Waals surface area (Å²) in [5.41, 5.74) is 0.265. The van der Waals surface area contributed by atoms with Gasteiger partial charge in [-0.1, -0.05) is 6.07 Å². The molecule has 1 aromatic rings. The summed E-state index contributed by atoms with van der Waals surface area (Å²) in [6, 6.07) is 2.75. The Morgan fingerprint density at radius 2 is 1.77 bits per heavy atom. The Balaban J connectivity index is 1.63. The molecule has 0 spiro atoms. The number of amides is 1. The van der Waals surface area contributed by atoms with Crippen molar-refractivity contribution in [1.82, 2.24) is 5.32 Å². The van der Waals surface area contributed by atoms with Gasteiger partial charge >= 0.3 is 0 Å². The van der Waals surface area contributed by atoms with Gasteiger partial charge in [-0.25, -0.2) is 8.78 Å². The maximum absolute atomic E-state index is 13.2. The molecular weight excluding hydrogens is 288 g/mol. The molecule has 5 heteroatoms. The lowest BCUT2D eigenvalue weighted by molar-refractivity contribution is -0.127. The summed E-state index contributed by atoms with van der Waals surface area (Å²) in [6.07, 6.45) is 3.37. The van der Waals surface area contributed by atoms with E-state index in [-0.39, 0.29) is 17.4 Å². The number of hydrogen-bond donors (Lipinski definition) is 2. The number of aliphatic hydroxyl groups is 1. The maximum atomic E-state index is 13.2. The van der Waals surface area contributed by atoms with E-state index >= 15 is 0 Å². The molecule has 0 heterocycles. The standard InChI is InChI=1S/C17H21F2NO2/c1-9(16(21)12-6-7-13(18)14(19)8-12)20-17(22)15(10-2-3-10)11-4-5-11/h6-11,15-16,21H,2-5H2,1H3,(H,20,22). The number of nitrogens with one attached hydrogen (secondary N) is 1. The molecule has 3 nitrogen and oxygen atoms in total. The fourth-order valence-corrected chi connectivity index (χ4v) is 3.11. The molecular formula is C17H21F2NO2. The van der Waals surface area contributed by atoms with Crippen molar-refractivity contribution in [1.29, 1.82) is 0 Å². The van der Waals surface area contributed by atoms with Gasteiger partial charge in [0.2, 0.25) is 5.91 Å². The van der Waals surface area contributed by atoms with E-state index in [2.05, 4.69) is 5.32 Å². The van der Waals surface area contributed by atoms with Crippen LogP contribution < -0.4 is 5.32 Å². The summed E-state index contributed by atoms with van der Waals surface area (Å²) in [5.74, 6) is -0.932. The number of carbonyl (C=O) groups is 1. The van der Waals surface area contributed by atoms with E-state index in [1.165, 1.54) is 6.07 Å². The van der Waals surface area contributed by atoms with Gasteiger partial charge in [0.05, 0.1) is 12.1 Å². The SMILES string of the molecule is CC(NC(=O)C(C1CC1)C1CC1)C(O)c1ccc(F)c(F)c1. The van der Waals surface area contributed by atoms with Gasteiger partial charge in [0, 0.05) is 5.92 Å². The van der Waals surface area contributed by atoms with Crippen molar-refractivity contribution in [2.24, 2.45) is 17.8 Å². The van der Waals surface area contributed by atoms with Crippen LogP contribution >= 0.6 is 0 Å². The lowest BCUT2D eigenvalue weighted by atomic mass is 9.95. The highest BCUT2D eigenvalue weighted by molar-refractivity contribution is 5.80. The summed E-state index contributed by atoms with van der Waals surface area (Å²) >= 11 is 0. The van der Waals surface area contributed by atoms with Crippen LogP contribution in [0.25, 0.3) is 0 Å². The van der Waals surface area contributed by atoms with Crippen molar-refractivity contribution in [3.8, 4) is 0 Å². The van der Waals surface area contributed by atoms with E-state index in [4.69, 9.17) is 0 Å². The normalized spacial score (nSPS) is 20.8. The number of aliphatic hydroxyl groups excluding tert-OH is 1. The molecule has 0 aliphatic heterocycles. The highest BCUT2D eigenvalue weighted by Crippen LogP contribution is 2.49. The van der Waals surface area contributed by atoms with E-state index in [1.807, 2.05) is 0 Å². The third-order valence-corrected chi connectivity index (χ3v) is 4.69. The second-order valence-corrected chi connectivity index (χ2v) is 6.62. The molecule has 0 radical (unpaired) electrons. The van der Waals surface area contributed by atoms with Crippen molar-refractivity contribution in [2.75, 3.05) is 0 Å². The lowest BCUT2D eigenvalue weighted by Gasteiger charge is -2.24. The van der Waals surface area contributed by atoms with Crippen LogP contribution in [0.2, 0.25) is 0 Å². The quantitative estimate of drug-likeness (QED) is 0.849. The van der Waals surface area contributed by atoms with E-state index < -0.39 is 23.8 Å². The second-order valence-electron chi connectivity index (χ2n) is 6.62. The lowest BCUT2D eigenvalue weighted by Crippen LogP contribution is -2.41. The fourth-order valence-electron chi connectivity index (χ4n) is 3.11. The zero-order chi connectivity index (χ0) is 15.9. The van der Waals surface area contributed by atoms with E-state index in [0.29, 0.717) is 11.8 Å². The first kappa shape index (κ1) is 15.4. The minimum Gasteiger partial charge on any atom is -0.386 e. The van der Waals surface area contributed by atoms with Gasteiger partial charge < -0.3 is 10.4 Å². The average molecular weight is 309 g/mol. The second kappa shape index (κ2) is 5.95. The summed E-state index contributed by atoms with van der Waals surface area (Å²) < 4.78 is 26.2. The van der Waals surface area contributed by atoms with Crippen molar-refractivity contribution < 1.29 is 18.7 Å². The number of carbonyl (C=O) groups excluding carboxylic acids is 1. The van der Waals surface area contributed by atoms with Crippen molar-refractivity contribution >= 4 is 5.91 Å². The summed E-state index contributed by atoms with van der Waals surface area (Å²) in [4.78, 5) is 12.4. The highest BCUT2D eigenvalue weighted by atomic mass is 19.2. The van der Waals surface area contributed by atoms with Crippen LogP contribution in [0, 0.1) is 29.4 Å². The van der Waals surface area contributed by atoms with Gasteiger partial charge in [0.1, 0.15) is 0 Å². The minimum absolute atomic E-state index is 0.0147. The Labute approximate surface area is 128 Å². The van der Waals surface area contributed by atoms with Crippen LogP contribution in [0.15, 0.2) is 18.2 Å². The van der Waals surface area contributed by atoms with E-state index in [1.54, 1.807) is 6.92 Å². The molecule has 0 bridgehead atoms. The molecule has 1 aromatic carbocycles. The number of hydrogen-bond acceptors (Lipinski definition) is 2. The third kappa shape index (κ3) is 3.29. The van der Waals surface area contributed by atoms with Crippen LogP contribution in [0.5, 0.6) is 0 Å². The van der Waals surface area contributed by atoms with E-state index in [0.717, 1.165) is 37.8 Å². The molecule has 2 unspecified atom stereocenters.